The molecule has 0 N–H and O–H groups in total. The van der Waals surface area contributed by atoms with Gasteiger partial charge in [0.2, 0.25) is 11.2 Å². The zero-order valence-corrected chi connectivity index (χ0v) is 28.4. The van der Waals surface area contributed by atoms with E-state index in [1.165, 1.54) is 0 Å². The van der Waals surface area contributed by atoms with Crippen molar-refractivity contribution < 1.29 is 14.3 Å². The van der Waals surface area contributed by atoms with Crippen LogP contribution in [0.5, 0.6) is 5.75 Å². The number of hydrogen-bond donors (Lipinski definition) is 0. The van der Waals surface area contributed by atoms with Crippen molar-refractivity contribution in [2.75, 3.05) is 7.11 Å². The van der Waals surface area contributed by atoms with E-state index in [1.807, 2.05) is 115 Å². The minimum atomic E-state index is -0.373. The molecule has 4 aromatic heterocycles. The van der Waals surface area contributed by atoms with Gasteiger partial charge in [-0.3, -0.25) is 19.0 Å². The van der Waals surface area contributed by atoms with Gasteiger partial charge in [0.1, 0.15) is 22.7 Å². The number of para-hydroxylation sites is 3. The molecule has 0 spiro atoms. The molecule has 0 saturated heterocycles. The summed E-state index contributed by atoms with van der Waals surface area (Å²) in [5, 5.41) is 8.85. The molecule has 0 aliphatic rings. The van der Waals surface area contributed by atoms with Gasteiger partial charge in [-0.1, -0.05) is 30.4 Å². The van der Waals surface area contributed by atoms with Crippen molar-refractivity contribution in [1.82, 2.24) is 37.8 Å². The summed E-state index contributed by atoms with van der Waals surface area (Å²) in [6.45, 7) is 9.60. The molecule has 0 aliphatic heterocycles. The second kappa shape index (κ2) is 13.2. The number of carbonyl (C=O) groups excluding carboxylic acids is 2. The van der Waals surface area contributed by atoms with Crippen LogP contribution in [0.3, 0.4) is 0 Å². The Bertz CT molecular complexity index is 2350. The maximum absolute atomic E-state index is 13.5. The summed E-state index contributed by atoms with van der Waals surface area (Å²) in [7, 11) is 5.43. The van der Waals surface area contributed by atoms with Crippen molar-refractivity contribution in [3.8, 4) is 5.75 Å². The molecule has 0 aliphatic carbocycles. The summed E-state index contributed by atoms with van der Waals surface area (Å²) in [5.41, 5.74) is 7.01. The van der Waals surface area contributed by atoms with E-state index in [1.54, 1.807) is 28.6 Å². The van der Waals surface area contributed by atoms with Gasteiger partial charge in [-0.05, 0) is 64.1 Å². The summed E-state index contributed by atoms with van der Waals surface area (Å²) in [5.74, 6) is -0.0543. The first-order chi connectivity index (χ1) is 23.2. The lowest BCUT2D eigenvalue weighted by atomic mass is 10.3. The van der Waals surface area contributed by atoms with Gasteiger partial charge < -0.3 is 23.0 Å². The van der Waals surface area contributed by atoms with Crippen LogP contribution in [0.1, 0.15) is 46.2 Å². The third-order valence-corrected chi connectivity index (χ3v) is 8.43. The molecular weight excluding hydrogens is 608 g/mol. The van der Waals surface area contributed by atoms with E-state index in [4.69, 9.17) is 4.74 Å². The normalized spacial score (nSPS) is 12.7. The Labute approximate surface area is 277 Å². The number of aromatic nitrogens is 8. The molecule has 0 unspecified atom stereocenters. The third kappa shape index (κ3) is 5.72. The fourth-order valence-electron chi connectivity index (χ4n) is 6.18. The topological polar surface area (TPSA) is 123 Å². The molecule has 6 aromatic rings. The lowest BCUT2D eigenvalue weighted by Crippen LogP contribution is -2.27. The minimum absolute atomic E-state index is 0.352. The number of rotatable bonds is 9. The van der Waals surface area contributed by atoms with Crippen LogP contribution in [-0.4, -0.2) is 56.8 Å². The highest BCUT2D eigenvalue weighted by Crippen LogP contribution is 2.24. The first-order valence-corrected chi connectivity index (χ1v) is 15.9. The Balaban J connectivity index is 1.41. The fourth-order valence-corrected chi connectivity index (χ4v) is 6.18. The van der Waals surface area contributed by atoms with Gasteiger partial charge >= 0.3 is 0 Å². The molecule has 4 heterocycles. The number of benzene rings is 2. The molecule has 2 amide bonds. The first kappa shape index (κ1) is 32.2. The summed E-state index contributed by atoms with van der Waals surface area (Å²) in [4.78, 5) is 36.1. The number of imidazole rings is 2. The van der Waals surface area contributed by atoms with E-state index in [2.05, 4.69) is 20.2 Å². The van der Waals surface area contributed by atoms with E-state index in [-0.39, 0.29) is 11.8 Å². The van der Waals surface area contributed by atoms with Crippen LogP contribution < -0.4 is 16.0 Å². The van der Waals surface area contributed by atoms with Gasteiger partial charge in [-0.25, -0.2) is 0 Å². The van der Waals surface area contributed by atoms with Crippen molar-refractivity contribution in [3.05, 3.63) is 101 Å². The second-order valence-electron chi connectivity index (χ2n) is 11.5. The van der Waals surface area contributed by atoms with Gasteiger partial charge in [0.15, 0.2) is 0 Å². The number of fused-ring (bicyclic) bond motifs is 2. The first-order valence-electron chi connectivity index (χ1n) is 15.9. The van der Waals surface area contributed by atoms with E-state index in [9.17, 15) is 9.59 Å². The van der Waals surface area contributed by atoms with Crippen molar-refractivity contribution >= 4 is 33.9 Å². The van der Waals surface area contributed by atoms with Crippen molar-refractivity contribution in [2.24, 2.45) is 24.1 Å². The second-order valence-corrected chi connectivity index (χ2v) is 11.5. The average Bonchev–Trinajstić information content (AvgIpc) is 3.81. The number of carbonyl (C=O) groups is 2. The summed E-state index contributed by atoms with van der Waals surface area (Å²) >= 11 is 0. The molecule has 0 atom stereocenters. The van der Waals surface area contributed by atoms with Crippen molar-refractivity contribution in [2.45, 2.75) is 53.9 Å². The Kier molecular flexibility index (Phi) is 8.85. The molecule has 48 heavy (non-hydrogen) atoms. The highest BCUT2D eigenvalue weighted by atomic mass is 16.5. The largest absolute Gasteiger partial charge is 0.494 e. The quantitative estimate of drug-likeness (QED) is 0.219. The van der Waals surface area contributed by atoms with E-state index >= 15 is 0 Å². The number of aryl methyl sites for hydroxylation is 6. The highest BCUT2D eigenvalue weighted by Gasteiger charge is 2.18. The maximum atomic E-state index is 13.5. The molecule has 0 saturated carbocycles. The van der Waals surface area contributed by atoms with Gasteiger partial charge in [0, 0.05) is 40.3 Å². The van der Waals surface area contributed by atoms with Gasteiger partial charge in [-0.2, -0.15) is 20.2 Å². The molecule has 2 aromatic carbocycles. The summed E-state index contributed by atoms with van der Waals surface area (Å²) < 4.78 is 16.9. The van der Waals surface area contributed by atoms with Crippen LogP contribution in [0, 0.1) is 13.8 Å². The Morgan fingerprint density at radius 3 is 1.79 bits per heavy atom. The van der Waals surface area contributed by atoms with Crippen molar-refractivity contribution in [1.29, 1.82) is 0 Å². The number of methoxy groups -OCH3 is 1. The molecule has 6 rings (SSSR count). The zero-order chi connectivity index (χ0) is 34.1. The van der Waals surface area contributed by atoms with Crippen LogP contribution in [0.15, 0.2) is 76.7 Å². The van der Waals surface area contributed by atoms with E-state index in [0.29, 0.717) is 54.6 Å². The van der Waals surface area contributed by atoms with Crippen LogP contribution in [-0.2, 0) is 40.3 Å². The van der Waals surface area contributed by atoms with Crippen molar-refractivity contribution in [3.63, 3.8) is 0 Å². The van der Waals surface area contributed by atoms with Crippen LogP contribution in [0.25, 0.3) is 22.1 Å². The summed E-state index contributed by atoms with van der Waals surface area (Å²) in [6.07, 6.45) is 4.05. The van der Waals surface area contributed by atoms with Gasteiger partial charge in [0.25, 0.3) is 11.8 Å². The molecule has 13 nitrogen and oxygen atoms in total. The number of allylic oxidation sites excluding steroid dienone is 2. The van der Waals surface area contributed by atoms with Crippen LogP contribution >= 0.6 is 0 Å². The minimum Gasteiger partial charge on any atom is -0.494 e. The Morgan fingerprint density at radius 2 is 1.23 bits per heavy atom. The Hall–Kier alpha value is -5.72. The number of amides is 2. The number of ether oxygens (including phenoxy) is 1. The maximum Gasteiger partial charge on any atom is 0.298 e. The van der Waals surface area contributed by atoms with Crippen LogP contribution in [0.2, 0.25) is 0 Å². The zero-order valence-electron chi connectivity index (χ0n) is 28.4. The van der Waals surface area contributed by atoms with E-state index in [0.717, 1.165) is 33.5 Å². The molecule has 0 bridgehead atoms. The van der Waals surface area contributed by atoms with Gasteiger partial charge in [-0.15, -0.1) is 0 Å². The summed E-state index contributed by atoms with van der Waals surface area (Å²) in [6, 6.07) is 17.3. The Morgan fingerprint density at radius 1 is 0.729 bits per heavy atom. The molecule has 248 valence electrons. The number of hydrogen-bond acceptors (Lipinski definition) is 5. The molecule has 13 heteroatoms. The standard InChI is InChI=1S/C35H40N10O3/c1-8-44-28(21-23(3)38-44)32(46)36-34-40(5)25-15-10-11-16-26(25)42(34)19-12-13-20-43-31-27(17-14-18-30(31)48-7)41(6)35(43)37-33(47)29-22-24(4)39-45(29)9-2/h10-18,21-22H,8-9,19-20H2,1-7H3/b13-12+,36-34?,37-35?. The SMILES string of the molecule is CCn1nc(C)cc1C(=O)N=c1n(C)c2ccccc2n1C/C=C/Cn1c(=NC(=O)c2cc(C)nn2CC)n(C)c2cccc(OC)c21. The lowest BCUT2D eigenvalue weighted by Gasteiger charge is -2.06. The highest BCUT2D eigenvalue weighted by molar-refractivity contribution is 5.94. The van der Waals surface area contributed by atoms with Crippen LogP contribution in [0.4, 0.5) is 0 Å². The average molecular weight is 649 g/mol. The fraction of sp³-hybridized carbons (Fsp3) is 0.314. The molecule has 0 fully saturated rings. The monoisotopic (exact) mass is 648 g/mol. The molecular formula is C35H40N10O3. The number of nitrogens with zero attached hydrogens (tertiary/aromatic N) is 10. The molecule has 0 radical (unpaired) electrons. The smallest absolute Gasteiger partial charge is 0.298 e. The lowest BCUT2D eigenvalue weighted by molar-refractivity contribution is 0.0977. The predicted molar refractivity (Wildman–Crippen MR) is 183 cm³/mol. The van der Waals surface area contributed by atoms with E-state index < -0.39 is 0 Å². The predicted octanol–water partition coefficient (Wildman–Crippen LogP) is 4.07. The van der Waals surface area contributed by atoms with Gasteiger partial charge in [0.05, 0.1) is 35.0 Å². The third-order valence-electron chi connectivity index (χ3n) is 8.43.